The summed E-state index contributed by atoms with van der Waals surface area (Å²) in [6.07, 6.45) is 1.22. The molecule has 0 radical (unpaired) electrons. The van der Waals surface area contributed by atoms with Gasteiger partial charge in [0.2, 0.25) is 0 Å². The Hall–Kier alpha value is -3.99. The van der Waals surface area contributed by atoms with Gasteiger partial charge in [0.1, 0.15) is 11.6 Å². The van der Waals surface area contributed by atoms with E-state index in [1.54, 1.807) is 42.5 Å². The van der Waals surface area contributed by atoms with Crippen molar-refractivity contribution in [1.82, 2.24) is 0 Å². The zero-order valence-electron chi connectivity index (χ0n) is 15.6. The van der Waals surface area contributed by atoms with E-state index in [1.807, 2.05) is 6.07 Å². The summed E-state index contributed by atoms with van der Waals surface area (Å²) in [5.74, 6) is -0.215. The Morgan fingerprint density at radius 3 is 2.39 bits per heavy atom. The van der Waals surface area contributed by atoms with Gasteiger partial charge in [-0.3, -0.25) is 4.79 Å². The smallest absolute Gasteiger partial charge is 0.339 e. The Morgan fingerprint density at radius 1 is 1.04 bits per heavy atom. The van der Waals surface area contributed by atoms with E-state index < -0.39 is 11.9 Å². The SMILES string of the molecule is COC(=O)c1ccccc1N/C=C(/C#N)C(=O)Nc1ccc(OC)c(OC)c1. The number of amides is 1. The second-order valence-electron chi connectivity index (χ2n) is 5.38. The van der Waals surface area contributed by atoms with Gasteiger partial charge in [-0.05, 0) is 24.3 Å². The number of carbonyl (C=O) groups is 2. The third kappa shape index (κ3) is 4.80. The summed E-state index contributed by atoms with van der Waals surface area (Å²) in [4.78, 5) is 24.2. The molecule has 0 aromatic heterocycles. The molecule has 0 spiro atoms. The number of methoxy groups -OCH3 is 3. The number of esters is 1. The molecule has 0 saturated carbocycles. The highest BCUT2D eigenvalue weighted by atomic mass is 16.5. The number of rotatable bonds is 7. The maximum Gasteiger partial charge on any atom is 0.339 e. The van der Waals surface area contributed by atoms with E-state index in [1.165, 1.54) is 27.5 Å². The minimum atomic E-state index is -0.627. The summed E-state index contributed by atoms with van der Waals surface area (Å²) in [6, 6.07) is 13.2. The van der Waals surface area contributed by atoms with Crippen molar-refractivity contribution in [2.24, 2.45) is 0 Å². The molecule has 0 fully saturated rings. The maximum absolute atomic E-state index is 12.4. The van der Waals surface area contributed by atoms with E-state index in [0.717, 1.165) is 0 Å². The molecular weight excluding hydrogens is 362 g/mol. The standard InChI is InChI=1S/C20H19N3O5/c1-26-17-9-8-14(10-18(17)27-2)23-19(24)13(11-21)12-22-16-7-5-4-6-15(16)20(25)28-3/h4-10,12,22H,1-3H3,(H,23,24)/b13-12-. The fraction of sp³-hybridized carbons (Fsp3) is 0.150. The Labute approximate surface area is 162 Å². The number of hydrogen-bond donors (Lipinski definition) is 2. The first-order valence-electron chi connectivity index (χ1n) is 8.11. The zero-order valence-corrected chi connectivity index (χ0v) is 15.6. The van der Waals surface area contributed by atoms with E-state index in [-0.39, 0.29) is 11.1 Å². The van der Waals surface area contributed by atoms with E-state index >= 15 is 0 Å². The lowest BCUT2D eigenvalue weighted by atomic mass is 10.2. The number of nitrogens with zero attached hydrogens (tertiary/aromatic N) is 1. The van der Waals surface area contributed by atoms with Crippen LogP contribution >= 0.6 is 0 Å². The molecule has 0 saturated heterocycles. The van der Waals surface area contributed by atoms with Crippen LogP contribution in [0.1, 0.15) is 10.4 Å². The quantitative estimate of drug-likeness (QED) is 0.431. The molecule has 8 nitrogen and oxygen atoms in total. The van der Waals surface area contributed by atoms with Crippen molar-refractivity contribution in [2.45, 2.75) is 0 Å². The molecular formula is C20H19N3O5. The topological polar surface area (TPSA) is 110 Å². The van der Waals surface area contributed by atoms with Crippen LogP contribution in [0.3, 0.4) is 0 Å². The predicted octanol–water partition coefficient (Wildman–Crippen LogP) is 2.95. The maximum atomic E-state index is 12.4. The third-order valence-electron chi connectivity index (χ3n) is 3.71. The molecule has 2 aromatic rings. The number of carbonyl (C=O) groups excluding carboxylic acids is 2. The molecule has 0 unspecified atom stereocenters. The van der Waals surface area contributed by atoms with E-state index in [2.05, 4.69) is 10.6 Å². The number of anilines is 2. The van der Waals surface area contributed by atoms with E-state index in [0.29, 0.717) is 22.9 Å². The summed E-state index contributed by atoms with van der Waals surface area (Å²) < 4.78 is 15.0. The molecule has 0 aliphatic rings. The molecule has 2 aromatic carbocycles. The van der Waals surface area contributed by atoms with Gasteiger partial charge in [-0.2, -0.15) is 5.26 Å². The number of para-hydroxylation sites is 1. The molecule has 28 heavy (non-hydrogen) atoms. The van der Waals surface area contributed by atoms with Crippen LogP contribution in [0, 0.1) is 11.3 Å². The van der Waals surface area contributed by atoms with Gasteiger partial charge in [0, 0.05) is 18.0 Å². The Bertz CT molecular complexity index is 947. The predicted molar refractivity (Wildman–Crippen MR) is 103 cm³/mol. The molecule has 8 heteroatoms. The molecule has 0 bridgehead atoms. The highest BCUT2D eigenvalue weighted by Gasteiger charge is 2.13. The van der Waals surface area contributed by atoms with Crippen molar-refractivity contribution < 1.29 is 23.8 Å². The van der Waals surface area contributed by atoms with Crippen LogP contribution < -0.4 is 20.1 Å². The number of benzene rings is 2. The molecule has 144 valence electrons. The first-order chi connectivity index (χ1) is 13.5. The van der Waals surface area contributed by atoms with Gasteiger partial charge in [0.25, 0.3) is 5.91 Å². The lowest BCUT2D eigenvalue weighted by Crippen LogP contribution is -2.15. The van der Waals surface area contributed by atoms with Gasteiger partial charge in [-0.25, -0.2) is 4.79 Å². The fourth-order valence-corrected chi connectivity index (χ4v) is 2.31. The lowest BCUT2D eigenvalue weighted by Gasteiger charge is -2.11. The number of hydrogen-bond acceptors (Lipinski definition) is 7. The average molecular weight is 381 g/mol. The normalized spacial score (nSPS) is 10.4. The summed E-state index contributed by atoms with van der Waals surface area (Å²) in [5.41, 5.74) is 0.924. The lowest BCUT2D eigenvalue weighted by molar-refractivity contribution is -0.112. The van der Waals surface area contributed by atoms with Crippen LogP contribution in [0.15, 0.2) is 54.2 Å². The van der Waals surface area contributed by atoms with Crippen molar-refractivity contribution in [1.29, 1.82) is 5.26 Å². The summed E-state index contributed by atoms with van der Waals surface area (Å²) in [7, 11) is 4.25. The van der Waals surface area contributed by atoms with Crippen molar-refractivity contribution in [3.63, 3.8) is 0 Å². The molecule has 1 amide bonds. The molecule has 0 aliphatic heterocycles. The summed E-state index contributed by atoms with van der Waals surface area (Å²) in [6.45, 7) is 0. The first-order valence-corrected chi connectivity index (χ1v) is 8.11. The summed E-state index contributed by atoms with van der Waals surface area (Å²) >= 11 is 0. The molecule has 2 rings (SSSR count). The van der Waals surface area contributed by atoms with Crippen molar-refractivity contribution >= 4 is 23.3 Å². The van der Waals surface area contributed by atoms with Crippen LogP contribution in [0.25, 0.3) is 0 Å². The molecule has 0 heterocycles. The van der Waals surface area contributed by atoms with Gasteiger partial charge in [-0.1, -0.05) is 12.1 Å². The van der Waals surface area contributed by atoms with Gasteiger partial charge < -0.3 is 24.8 Å². The third-order valence-corrected chi connectivity index (χ3v) is 3.71. The Kier molecular flexibility index (Phi) is 6.99. The van der Waals surface area contributed by atoms with Crippen molar-refractivity contribution in [3.8, 4) is 17.6 Å². The Morgan fingerprint density at radius 2 is 1.75 bits per heavy atom. The van der Waals surface area contributed by atoms with E-state index in [9.17, 15) is 14.9 Å². The molecule has 0 aliphatic carbocycles. The van der Waals surface area contributed by atoms with Gasteiger partial charge in [0.15, 0.2) is 11.5 Å². The molecule has 0 atom stereocenters. The second kappa shape index (κ2) is 9.64. The van der Waals surface area contributed by atoms with Crippen LogP contribution in [0.4, 0.5) is 11.4 Å². The minimum Gasteiger partial charge on any atom is -0.493 e. The first kappa shape index (κ1) is 20.3. The van der Waals surface area contributed by atoms with Crippen LogP contribution in [0.5, 0.6) is 11.5 Å². The number of nitriles is 1. The average Bonchev–Trinajstić information content (AvgIpc) is 2.73. The van der Waals surface area contributed by atoms with Crippen LogP contribution in [-0.4, -0.2) is 33.2 Å². The minimum absolute atomic E-state index is 0.186. The van der Waals surface area contributed by atoms with Crippen molar-refractivity contribution in [2.75, 3.05) is 32.0 Å². The largest absolute Gasteiger partial charge is 0.493 e. The number of nitrogens with one attached hydrogen (secondary N) is 2. The highest BCUT2D eigenvalue weighted by Crippen LogP contribution is 2.29. The van der Waals surface area contributed by atoms with E-state index in [4.69, 9.17) is 14.2 Å². The van der Waals surface area contributed by atoms with Crippen LogP contribution in [0.2, 0.25) is 0 Å². The van der Waals surface area contributed by atoms with Crippen molar-refractivity contribution in [3.05, 3.63) is 59.8 Å². The second-order valence-corrected chi connectivity index (χ2v) is 5.38. The Balaban J connectivity index is 2.19. The van der Waals surface area contributed by atoms with Crippen LogP contribution in [-0.2, 0) is 9.53 Å². The van der Waals surface area contributed by atoms with Gasteiger partial charge >= 0.3 is 5.97 Å². The highest BCUT2D eigenvalue weighted by molar-refractivity contribution is 6.07. The fourth-order valence-electron chi connectivity index (χ4n) is 2.31. The zero-order chi connectivity index (χ0) is 20.5. The monoisotopic (exact) mass is 381 g/mol. The number of ether oxygens (including phenoxy) is 3. The van der Waals surface area contributed by atoms with Gasteiger partial charge in [0.05, 0.1) is 32.6 Å². The summed E-state index contributed by atoms with van der Waals surface area (Å²) in [5, 5.41) is 14.7. The molecule has 2 N–H and O–H groups in total. The van der Waals surface area contributed by atoms with Gasteiger partial charge in [-0.15, -0.1) is 0 Å².